The summed E-state index contributed by atoms with van der Waals surface area (Å²) in [6.45, 7) is 4.56. The molecule has 2 unspecified atom stereocenters. The number of carbonyl (C=O) groups excluding carboxylic acids is 2. The molecule has 0 saturated carbocycles. The summed E-state index contributed by atoms with van der Waals surface area (Å²) in [7, 11) is 1.89. The Labute approximate surface area is 160 Å². The van der Waals surface area contributed by atoms with E-state index in [4.69, 9.17) is 0 Å². The summed E-state index contributed by atoms with van der Waals surface area (Å²) < 4.78 is 0. The average Bonchev–Trinajstić information content (AvgIpc) is 3.26. The monoisotopic (exact) mass is 362 g/mol. The van der Waals surface area contributed by atoms with Crippen molar-refractivity contribution in [1.82, 2.24) is 4.90 Å². The second-order valence-electron chi connectivity index (χ2n) is 7.83. The Morgan fingerprint density at radius 2 is 1.89 bits per heavy atom. The summed E-state index contributed by atoms with van der Waals surface area (Å²) in [4.78, 5) is 29.5. The number of hydrogen-bond acceptors (Lipinski definition) is 2. The van der Waals surface area contributed by atoms with Gasteiger partial charge in [-0.2, -0.15) is 0 Å². The van der Waals surface area contributed by atoms with Gasteiger partial charge in [0.05, 0.1) is 12.0 Å². The van der Waals surface area contributed by atoms with Crippen LogP contribution >= 0.6 is 0 Å². The summed E-state index contributed by atoms with van der Waals surface area (Å²) >= 11 is 0. The van der Waals surface area contributed by atoms with E-state index in [-0.39, 0.29) is 23.8 Å². The highest BCUT2D eigenvalue weighted by Gasteiger charge is 2.39. The van der Waals surface area contributed by atoms with Crippen LogP contribution in [0.15, 0.2) is 42.5 Å². The first-order valence-electron chi connectivity index (χ1n) is 9.68. The van der Waals surface area contributed by atoms with Gasteiger partial charge < -0.3 is 9.80 Å². The van der Waals surface area contributed by atoms with Crippen LogP contribution in [0.4, 0.5) is 5.69 Å². The molecule has 2 aromatic rings. The molecule has 1 aliphatic heterocycles. The van der Waals surface area contributed by atoms with Crippen LogP contribution in [0.2, 0.25) is 0 Å². The zero-order chi connectivity index (χ0) is 19.1. The van der Waals surface area contributed by atoms with Gasteiger partial charge in [0.25, 0.3) is 0 Å². The van der Waals surface area contributed by atoms with Crippen molar-refractivity contribution in [2.45, 2.75) is 39.2 Å². The molecule has 27 heavy (non-hydrogen) atoms. The highest BCUT2D eigenvalue weighted by Crippen LogP contribution is 2.37. The molecule has 2 atom stereocenters. The van der Waals surface area contributed by atoms with E-state index in [1.807, 2.05) is 50.1 Å². The van der Waals surface area contributed by atoms with Gasteiger partial charge in [-0.3, -0.25) is 9.59 Å². The topological polar surface area (TPSA) is 40.6 Å². The fourth-order valence-corrected chi connectivity index (χ4v) is 4.51. The number of carbonyl (C=O) groups is 2. The molecule has 0 N–H and O–H groups in total. The van der Waals surface area contributed by atoms with Crippen molar-refractivity contribution in [2.24, 2.45) is 5.92 Å². The van der Waals surface area contributed by atoms with Crippen LogP contribution in [0.1, 0.15) is 41.1 Å². The Bertz CT molecular complexity index is 905. The molecule has 2 aromatic carbocycles. The molecule has 4 nitrogen and oxygen atoms in total. The van der Waals surface area contributed by atoms with Gasteiger partial charge in [0, 0.05) is 25.7 Å². The lowest BCUT2D eigenvalue weighted by Crippen LogP contribution is -2.36. The van der Waals surface area contributed by atoms with Crippen molar-refractivity contribution in [2.75, 3.05) is 18.5 Å². The molecule has 0 radical (unpaired) electrons. The van der Waals surface area contributed by atoms with E-state index in [0.717, 1.165) is 29.7 Å². The Balaban J connectivity index is 1.52. The zero-order valence-electron chi connectivity index (χ0n) is 16.2. The number of rotatable bonds is 3. The standard InChI is InChI=1S/C23H26N2O2/c1-15-7-6-10-20(16(15)2)25-14-18(13-22(25)26)23(27)24(3)21-12-11-17-8-4-5-9-19(17)21/h4-10,18,21H,11-14H2,1-3H3. The predicted molar refractivity (Wildman–Crippen MR) is 107 cm³/mol. The third-order valence-corrected chi connectivity index (χ3v) is 6.26. The first-order chi connectivity index (χ1) is 13.0. The molecule has 1 heterocycles. The molecule has 0 bridgehead atoms. The SMILES string of the molecule is Cc1cccc(N2CC(C(=O)N(C)C3CCc4ccccc43)CC2=O)c1C. The molecule has 2 aliphatic rings. The average molecular weight is 362 g/mol. The van der Waals surface area contributed by atoms with Crippen molar-refractivity contribution in [3.8, 4) is 0 Å². The Morgan fingerprint density at radius 1 is 1.11 bits per heavy atom. The quantitative estimate of drug-likeness (QED) is 0.833. The van der Waals surface area contributed by atoms with E-state index in [9.17, 15) is 9.59 Å². The van der Waals surface area contributed by atoms with Gasteiger partial charge in [0.15, 0.2) is 0 Å². The zero-order valence-corrected chi connectivity index (χ0v) is 16.2. The highest BCUT2D eigenvalue weighted by molar-refractivity contribution is 6.01. The van der Waals surface area contributed by atoms with Crippen molar-refractivity contribution in [3.63, 3.8) is 0 Å². The minimum absolute atomic E-state index is 0.0438. The second-order valence-corrected chi connectivity index (χ2v) is 7.83. The minimum atomic E-state index is -0.268. The van der Waals surface area contributed by atoms with E-state index in [2.05, 4.69) is 18.2 Å². The fourth-order valence-electron chi connectivity index (χ4n) is 4.51. The lowest BCUT2D eigenvalue weighted by molar-refractivity contribution is -0.136. The number of anilines is 1. The maximum absolute atomic E-state index is 13.2. The van der Waals surface area contributed by atoms with Crippen molar-refractivity contribution >= 4 is 17.5 Å². The van der Waals surface area contributed by atoms with E-state index in [1.54, 1.807) is 4.90 Å². The van der Waals surface area contributed by atoms with Gasteiger partial charge in [-0.25, -0.2) is 0 Å². The number of aryl methyl sites for hydroxylation is 2. The highest BCUT2D eigenvalue weighted by atomic mass is 16.2. The predicted octanol–water partition coefficient (Wildman–Crippen LogP) is 3.80. The van der Waals surface area contributed by atoms with Gasteiger partial charge in [0.2, 0.25) is 11.8 Å². The first kappa shape index (κ1) is 17.8. The van der Waals surface area contributed by atoms with Crippen LogP contribution in [-0.2, 0) is 16.0 Å². The summed E-state index contributed by atoms with van der Waals surface area (Å²) in [5, 5.41) is 0. The van der Waals surface area contributed by atoms with Gasteiger partial charge in [-0.05, 0) is 55.0 Å². The number of nitrogens with zero attached hydrogens (tertiary/aromatic N) is 2. The Morgan fingerprint density at radius 3 is 2.70 bits per heavy atom. The molecule has 1 aliphatic carbocycles. The molecular formula is C23H26N2O2. The van der Waals surface area contributed by atoms with Crippen LogP contribution in [0.25, 0.3) is 0 Å². The van der Waals surface area contributed by atoms with E-state index in [1.165, 1.54) is 11.1 Å². The maximum Gasteiger partial charge on any atom is 0.228 e. The van der Waals surface area contributed by atoms with E-state index < -0.39 is 0 Å². The van der Waals surface area contributed by atoms with Gasteiger partial charge in [-0.15, -0.1) is 0 Å². The Kier molecular flexibility index (Phi) is 4.50. The van der Waals surface area contributed by atoms with Gasteiger partial charge in [-0.1, -0.05) is 36.4 Å². The van der Waals surface area contributed by atoms with Crippen LogP contribution < -0.4 is 4.90 Å². The Hall–Kier alpha value is -2.62. The van der Waals surface area contributed by atoms with Crippen LogP contribution in [0.3, 0.4) is 0 Å². The number of hydrogen-bond donors (Lipinski definition) is 0. The molecule has 4 heteroatoms. The normalized spacial score (nSPS) is 21.4. The summed E-state index contributed by atoms with van der Waals surface area (Å²) in [5.74, 6) is -0.143. The van der Waals surface area contributed by atoms with Crippen LogP contribution in [0.5, 0.6) is 0 Å². The largest absolute Gasteiger partial charge is 0.338 e. The van der Waals surface area contributed by atoms with E-state index >= 15 is 0 Å². The number of amides is 2. The summed E-state index contributed by atoms with van der Waals surface area (Å²) in [5.41, 5.74) is 5.79. The van der Waals surface area contributed by atoms with Crippen LogP contribution in [0, 0.1) is 19.8 Å². The number of benzene rings is 2. The number of fused-ring (bicyclic) bond motifs is 1. The van der Waals surface area contributed by atoms with Crippen LogP contribution in [-0.4, -0.2) is 30.3 Å². The molecule has 1 saturated heterocycles. The molecule has 0 aromatic heterocycles. The smallest absolute Gasteiger partial charge is 0.228 e. The lowest BCUT2D eigenvalue weighted by atomic mass is 10.0. The lowest BCUT2D eigenvalue weighted by Gasteiger charge is -2.28. The molecular weight excluding hydrogens is 336 g/mol. The molecule has 4 rings (SSSR count). The summed E-state index contributed by atoms with van der Waals surface area (Å²) in [6.07, 6.45) is 2.27. The molecule has 1 fully saturated rings. The molecule has 2 amide bonds. The molecule has 0 spiro atoms. The van der Waals surface area contributed by atoms with Crippen molar-refractivity contribution in [1.29, 1.82) is 0 Å². The van der Waals surface area contributed by atoms with Gasteiger partial charge in [0.1, 0.15) is 0 Å². The van der Waals surface area contributed by atoms with E-state index in [0.29, 0.717) is 13.0 Å². The minimum Gasteiger partial charge on any atom is -0.338 e. The summed E-state index contributed by atoms with van der Waals surface area (Å²) in [6, 6.07) is 14.5. The third kappa shape index (κ3) is 3.03. The molecule has 140 valence electrons. The van der Waals surface area contributed by atoms with Crippen molar-refractivity contribution < 1.29 is 9.59 Å². The fraction of sp³-hybridized carbons (Fsp3) is 0.391. The third-order valence-electron chi connectivity index (χ3n) is 6.26. The van der Waals surface area contributed by atoms with Gasteiger partial charge >= 0.3 is 0 Å². The first-order valence-corrected chi connectivity index (χ1v) is 9.68. The van der Waals surface area contributed by atoms with Crippen molar-refractivity contribution in [3.05, 3.63) is 64.7 Å². The maximum atomic E-state index is 13.2. The second kappa shape index (κ2) is 6.84.